The van der Waals surface area contributed by atoms with Crippen molar-refractivity contribution in [3.63, 3.8) is 0 Å². The zero-order valence-electron chi connectivity index (χ0n) is 11.6. The van der Waals surface area contributed by atoms with Gasteiger partial charge in [0.05, 0.1) is 11.6 Å². The summed E-state index contributed by atoms with van der Waals surface area (Å²) in [5.41, 5.74) is 0.640. The summed E-state index contributed by atoms with van der Waals surface area (Å²) >= 11 is 1.74. The van der Waals surface area contributed by atoms with Crippen molar-refractivity contribution in [3.8, 4) is 6.07 Å². The van der Waals surface area contributed by atoms with Crippen LogP contribution in [0.4, 0.5) is 9.18 Å². The van der Waals surface area contributed by atoms with E-state index in [0.29, 0.717) is 12.1 Å². The molecule has 0 radical (unpaired) electrons. The van der Waals surface area contributed by atoms with E-state index in [2.05, 4.69) is 5.32 Å². The molecule has 0 aromatic heterocycles. The molecular weight excluding hydrogens is 277 g/mol. The maximum absolute atomic E-state index is 13.6. The molecule has 1 rings (SSSR count). The van der Waals surface area contributed by atoms with Crippen LogP contribution in [0.1, 0.15) is 17.5 Å². The number of halogens is 1. The van der Waals surface area contributed by atoms with E-state index in [0.717, 1.165) is 12.2 Å². The highest BCUT2D eigenvalue weighted by atomic mass is 32.2. The lowest BCUT2D eigenvalue weighted by atomic mass is 10.1. The third-order valence-electron chi connectivity index (χ3n) is 2.80. The summed E-state index contributed by atoms with van der Waals surface area (Å²) in [6.45, 7) is 0.784. The van der Waals surface area contributed by atoms with Gasteiger partial charge in [-0.25, -0.2) is 9.18 Å². The number of rotatable bonds is 6. The summed E-state index contributed by atoms with van der Waals surface area (Å²) in [7, 11) is 1.71. The smallest absolute Gasteiger partial charge is 0.317 e. The number of carbonyl (C=O) groups is 1. The van der Waals surface area contributed by atoms with Crippen molar-refractivity contribution in [2.75, 3.05) is 25.6 Å². The highest BCUT2D eigenvalue weighted by Gasteiger charge is 2.09. The number of benzene rings is 1. The van der Waals surface area contributed by atoms with Crippen LogP contribution in [0.3, 0.4) is 0 Å². The van der Waals surface area contributed by atoms with Crippen molar-refractivity contribution in [3.05, 3.63) is 35.1 Å². The van der Waals surface area contributed by atoms with Crippen molar-refractivity contribution in [2.45, 2.75) is 13.0 Å². The van der Waals surface area contributed by atoms with E-state index in [-0.39, 0.29) is 18.1 Å². The Morgan fingerprint density at radius 2 is 2.30 bits per heavy atom. The predicted molar refractivity (Wildman–Crippen MR) is 79.0 cm³/mol. The fraction of sp³-hybridized carbons (Fsp3) is 0.429. The highest BCUT2D eigenvalue weighted by molar-refractivity contribution is 7.98. The van der Waals surface area contributed by atoms with Crippen molar-refractivity contribution in [1.29, 1.82) is 5.26 Å². The average Bonchev–Trinajstić information content (AvgIpc) is 2.45. The van der Waals surface area contributed by atoms with Gasteiger partial charge in [0.15, 0.2) is 0 Å². The molecule has 0 saturated heterocycles. The van der Waals surface area contributed by atoms with Crippen LogP contribution in [0.2, 0.25) is 0 Å². The molecule has 0 aliphatic carbocycles. The molecule has 2 amide bonds. The Hall–Kier alpha value is -1.74. The molecule has 1 aromatic carbocycles. The molecule has 0 bridgehead atoms. The first-order chi connectivity index (χ1) is 9.58. The summed E-state index contributed by atoms with van der Waals surface area (Å²) in [5.74, 6) is 0.524. The Balaban J connectivity index is 2.46. The van der Waals surface area contributed by atoms with E-state index in [1.54, 1.807) is 23.7 Å². The average molecular weight is 295 g/mol. The highest BCUT2D eigenvalue weighted by Crippen LogP contribution is 2.09. The molecule has 0 heterocycles. The molecule has 108 valence electrons. The van der Waals surface area contributed by atoms with E-state index in [4.69, 9.17) is 5.26 Å². The minimum atomic E-state index is -0.477. The molecule has 0 unspecified atom stereocenters. The molecule has 0 saturated carbocycles. The van der Waals surface area contributed by atoms with E-state index in [9.17, 15) is 9.18 Å². The Kier molecular flexibility index (Phi) is 6.88. The van der Waals surface area contributed by atoms with E-state index in [1.807, 2.05) is 12.3 Å². The first kappa shape index (κ1) is 16.3. The number of urea groups is 1. The molecule has 1 aromatic rings. The van der Waals surface area contributed by atoms with Crippen molar-refractivity contribution < 1.29 is 9.18 Å². The van der Waals surface area contributed by atoms with Crippen LogP contribution in [0, 0.1) is 17.1 Å². The summed E-state index contributed by atoms with van der Waals surface area (Å²) < 4.78 is 13.6. The Bertz CT molecular complexity index is 502. The number of nitrogens with zero attached hydrogens (tertiary/aromatic N) is 2. The molecule has 20 heavy (non-hydrogen) atoms. The maximum Gasteiger partial charge on any atom is 0.317 e. The van der Waals surface area contributed by atoms with Gasteiger partial charge in [-0.2, -0.15) is 17.0 Å². The number of carbonyl (C=O) groups excluding carboxylic acids is 1. The fourth-order valence-corrected chi connectivity index (χ4v) is 2.03. The normalized spacial score (nSPS) is 9.90. The fourth-order valence-electron chi connectivity index (χ4n) is 1.61. The van der Waals surface area contributed by atoms with Gasteiger partial charge < -0.3 is 10.2 Å². The van der Waals surface area contributed by atoms with E-state index < -0.39 is 5.82 Å². The zero-order valence-corrected chi connectivity index (χ0v) is 12.5. The second-order valence-electron chi connectivity index (χ2n) is 4.34. The Morgan fingerprint density at radius 3 is 2.90 bits per heavy atom. The van der Waals surface area contributed by atoms with Gasteiger partial charge in [0.2, 0.25) is 0 Å². The van der Waals surface area contributed by atoms with Crippen LogP contribution < -0.4 is 5.32 Å². The Morgan fingerprint density at radius 1 is 1.55 bits per heavy atom. The standard InChI is InChI=1S/C14H18FN3OS/c1-18(6-3-7-20-2)14(19)17-10-12-5-4-11(9-16)8-13(12)15/h4-5,8H,3,6-7,10H2,1-2H3,(H,17,19). The summed E-state index contributed by atoms with van der Waals surface area (Å²) in [6, 6.07) is 5.86. The van der Waals surface area contributed by atoms with Gasteiger partial charge >= 0.3 is 6.03 Å². The van der Waals surface area contributed by atoms with Gasteiger partial charge in [-0.1, -0.05) is 6.07 Å². The molecule has 0 fully saturated rings. The van der Waals surface area contributed by atoms with Crippen LogP contribution in [0.5, 0.6) is 0 Å². The molecule has 6 heteroatoms. The number of hydrogen-bond acceptors (Lipinski definition) is 3. The van der Waals surface area contributed by atoms with Gasteiger partial charge in [-0.15, -0.1) is 0 Å². The summed E-state index contributed by atoms with van der Waals surface area (Å²) in [6.07, 6.45) is 2.95. The van der Waals surface area contributed by atoms with Crippen molar-refractivity contribution in [2.24, 2.45) is 0 Å². The van der Waals surface area contributed by atoms with E-state index >= 15 is 0 Å². The largest absolute Gasteiger partial charge is 0.334 e. The number of hydrogen-bond donors (Lipinski definition) is 1. The van der Waals surface area contributed by atoms with Crippen LogP contribution in [0.25, 0.3) is 0 Å². The number of nitriles is 1. The molecule has 0 aliphatic rings. The van der Waals surface area contributed by atoms with Crippen LogP contribution in [-0.4, -0.2) is 36.5 Å². The molecule has 0 spiro atoms. The van der Waals surface area contributed by atoms with Gasteiger partial charge in [0, 0.05) is 25.7 Å². The lowest BCUT2D eigenvalue weighted by molar-refractivity contribution is 0.208. The van der Waals surface area contributed by atoms with Crippen LogP contribution in [-0.2, 0) is 6.54 Å². The minimum absolute atomic E-state index is 0.114. The third kappa shape index (κ3) is 5.10. The first-order valence-electron chi connectivity index (χ1n) is 6.25. The van der Waals surface area contributed by atoms with E-state index in [1.165, 1.54) is 18.2 Å². The summed E-state index contributed by atoms with van der Waals surface area (Å²) in [4.78, 5) is 13.4. The monoisotopic (exact) mass is 295 g/mol. The second-order valence-corrected chi connectivity index (χ2v) is 5.33. The van der Waals surface area contributed by atoms with Gasteiger partial charge in [0.1, 0.15) is 5.82 Å². The topological polar surface area (TPSA) is 56.1 Å². The molecule has 1 N–H and O–H groups in total. The van der Waals surface area contributed by atoms with Crippen LogP contribution >= 0.6 is 11.8 Å². The van der Waals surface area contributed by atoms with Gasteiger partial charge in [0.25, 0.3) is 0 Å². The molecule has 4 nitrogen and oxygen atoms in total. The third-order valence-corrected chi connectivity index (χ3v) is 3.50. The Labute approximate surface area is 123 Å². The second kappa shape index (κ2) is 8.43. The van der Waals surface area contributed by atoms with Gasteiger partial charge in [-0.05, 0) is 30.6 Å². The van der Waals surface area contributed by atoms with Crippen LogP contribution in [0.15, 0.2) is 18.2 Å². The molecule has 0 atom stereocenters. The molecule has 0 aliphatic heterocycles. The zero-order chi connectivity index (χ0) is 15.0. The number of thioether (sulfide) groups is 1. The number of amides is 2. The molecular formula is C14H18FN3OS. The SMILES string of the molecule is CSCCCN(C)C(=O)NCc1ccc(C#N)cc1F. The minimum Gasteiger partial charge on any atom is -0.334 e. The lowest BCUT2D eigenvalue weighted by Gasteiger charge is -2.17. The quantitative estimate of drug-likeness (QED) is 0.821. The first-order valence-corrected chi connectivity index (χ1v) is 7.64. The number of nitrogens with one attached hydrogen (secondary N) is 1. The van der Waals surface area contributed by atoms with Gasteiger partial charge in [-0.3, -0.25) is 0 Å². The summed E-state index contributed by atoms with van der Waals surface area (Å²) in [5, 5.41) is 11.3. The predicted octanol–water partition coefficient (Wildman–Crippen LogP) is 2.59. The lowest BCUT2D eigenvalue weighted by Crippen LogP contribution is -2.37. The maximum atomic E-state index is 13.6. The van der Waals surface area contributed by atoms with Crippen molar-refractivity contribution in [1.82, 2.24) is 10.2 Å². The van der Waals surface area contributed by atoms with Crippen molar-refractivity contribution >= 4 is 17.8 Å².